The number of nitrogens with one attached hydrogen (secondary N) is 2. The van der Waals surface area contributed by atoms with Crippen molar-refractivity contribution in [2.75, 3.05) is 0 Å². The summed E-state index contributed by atoms with van der Waals surface area (Å²) >= 11 is 1.25. The summed E-state index contributed by atoms with van der Waals surface area (Å²) in [6, 6.07) is 12.3. The van der Waals surface area contributed by atoms with Crippen LogP contribution in [0.15, 0.2) is 54.9 Å². The van der Waals surface area contributed by atoms with Gasteiger partial charge < -0.3 is 5.21 Å². The number of carbonyl (C=O) groups is 2. The Balaban J connectivity index is 1.68. The lowest BCUT2D eigenvalue weighted by atomic mass is 10.2. The van der Waals surface area contributed by atoms with Crippen molar-refractivity contribution in [2.45, 2.75) is 6.92 Å². The number of thiazole rings is 1. The third-order valence-corrected chi connectivity index (χ3v) is 4.58. The smallest absolute Gasteiger partial charge is 0.281 e. The van der Waals surface area contributed by atoms with Crippen LogP contribution in [0.2, 0.25) is 0 Å². The van der Waals surface area contributed by atoms with E-state index in [2.05, 4.69) is 15.8 Å². The molecule has 0 atom stereocenters. The van der Waals surface area contributed by atoms with Gasteiger partial charge in [0.1, 0.15) is 9.88 Å². The summed E-state index contributed by atoms with van der Waals surface area (Å²) in [6.45, 7) is 1.74. The van der Waals surface area contributed by atoms with E-state index in [1.54, 1.807) is 6.92 Å². The minimum Gasteiger partial charge on any atom is -0.619 e. The van der Waals surface area contributed by atoms with Crippen LogP contribution in [0.3, 0.4) is 0 Å². The maximum atomic E-state index is 12.3. The number of amides is 2. The molecule has 3 rings (SSSR count). The first kappa shape index (κ1) is 16.6. The molecule has 0 unspecified atom stereocenters. The van der Waals surface area contributed by atoms with Crippen LogP contribution >= 0.6 is 11.3 Å². The molecule has 0 bridgehead atoms. The van der Waals surface area contributed by atoms with Gasteiger partial charge in [0.15, 0.2) is 12.4 Å². The van der Waals surface area contributed by atoms with Gasteiger partial charge in [-0.2, -0.15) is 4.73 Å². The Bertz CT molecular complexity index is 907. The lowest BCUT2D eigenvalue weighted by Gasteiger charge is -2.06. The Morgan fingerprint density at radius 1 is 1.04 bits per heavy atom. The molecule has 2 N–H and O–H groups in total. The maximum absolute atomic E-state index is 12.3. The first-order chi connectivity index (χ1) is 12.0. The SMILES string of the molecule is Cc1nc(-c2ccccc2)sc1C(=O)NNC(=O)c1cc[n+]([O-])cc1. The molecule has 3 aromatic rings. The molecule has 0 aliphatic carbocycles. The zero-order valence-electron chi connectivity index (χ0n) is 13.2. The second-order valence-electron chi connectivity index (χ2n) is 5.15. The molecule has 126 valence electrons. The van der Waals surface area contributed by atoms with E-state index >= 15 is 0 Å². The van der Waals surface area contributed by atoms with Crippen LogP contribution in [0.4, 0.5) is 0 Å². The average Bonchev–Trinajstić information content (AvgIpc) is 3.02. The van der Waals surface area contributed by atoms with Crippen molar-refractivity contribution in [3.8, 4) is 10.6 Å². The highest BCUT2D eigenvalue weighted by Crippen LogP contribution is 2.27. The Labute approximate surface area is 147 Å². The zero-order valence-corrected chi connectivity index (χ0v) is 14.0. The van der Waals surface area contributed by atoms with Crippen LogP contribution in [-0.2, 0) is 0 Å². The topological polar surface area (TPSA) is 98.0 Å². The van der Waals surface area contributed by atoms with Gasteiger partial charge in [-0.05, 0) is 6.92 Å². The van der Waals surface area contributed by atoms with Gasteiger partial charge in [-0.1, -0.05) is 30.3 Å². The third-order valence-electron chi connectivity index (χ3n) is 3.38. The van der Waals surface area contributed by atoms with E-state index in [1.807, 2.05) is 30.3 Å². The van der Waals surface area contributed by atoms with Crippen LogP contribution in [0, 0.1) is 12.1 Å². The van der Waals surface area contributed by atoms with Crippen LogP contribution in [-0.4, -0.2) is 16.8 Å². The molecule has 1 aromatic carbocycles. The Morgan fingerprint density at radius 2 is 1.68 bits per heavy atom. The molecule has 8 heteroatoms. The second-order valence-corrected chi connectivity index (χ2v) is 6.15. The van der Waals surface area contributed by atoms with Crippen LogP contribution in [0.5, 0.6) is 0 Å². The number of rotatable bonds is 3. The summed E-state index contributed by atoms with van der Waals surface area (Å²) in [6.07, 6.45) is 2.41. The largest absolute Gasteiger partial charge is 0.619 e. The normalized spacial score (nSPS) is 10.3. The summed E-state index contributed by atoms with van der Waals surface area (Å²) in [4.78, 5) is 29.1. The minimum absolute atomic E-state index is 0.262. The van der Waals surface area contributed by atoms with Crippen molar-refractivity contribution < 1.29 is 14.3 Å². The van der Waals surface area contributed by atoms with Gasteiger partial charge in [-0.25, -0.2) is 4.98 Å². The van der Waals surface area contributed by atoms with E-state index < -0.39 is 11.8 Å². The molecule has 25 heavy (non-hydrogen) atoms. The van der Waals surface area contributed by atoms with Gasteiger partial charge in [0, 0.05) is 17.7 Å². The lowest BCUT2D eigenvalue weighted by molar-refractivity contribution is -0.605. The van der Waals surface area contributed by atoms with Gasteiger partial charge in [0.05, 0.1) is 11.3 Å². The van der Waals surface area contributed by atoms with Gasteiger partial charge in [0.25, 0.3) is 11.8 Å². The van der Waals surface area contributed by atoms with Crippen LogP contribution in [0.1, 0.15) is 25.7 Å². The lowest BCUT2D eigenvalue weighted by Crippen LogP contribution is -2.41. The van der Waals surface area contributed by atoms with E-state index in [-0.39, 0.29) is 5.56 Å². The molecule has 0 aliphatic heterocycles. The highest BCUT2D eigenvalue weighted by atomic mass is 32.1. The number of aryl methyl sites for hydroxylation is 1. The maximum Gasteiger partial charge on any atom is 0.281 e. The molecule has 0 saturated carbocycles. The van der Waals surface area contributed by atoms with E-state index in [0.29, 0.717) is 15.3 Å². The molecule has 0 fully saturated rings. The standard InChI is InChI=1S/C17H14N4O3S/c1-11-14(25-17(18-11)13-5-3-2-4-6-13)16(23)20-19-15(22)12-7-9-21(24)10-8-12/h2-10H,1H3,(H,19,22)(H,20,23). The van der Waals surface area contributed by atoms with Crippen LogP contribution in [0.25, 0.3) is 10.6 Å². The van der Waals surface area contributed by atoms with Crippen molar-refractivity contribution >= 4 is 23.2 Å². The number of hydrazine groups is 1. The molecular weight excluding hydrogens is 340 g/mol. The number of hydrogen-bond donors (Lipinski definition) is 2. The van der Waals surface area contributed by atoms with E-state index in [0.717, 1.165) is 10.6 Å². The molecule has 7 nitrogen and oxygen atoms in total. The Morgan fingerprint density at radius 3 is 2.36 bits per heavy atom. The first-order valence-corrected chi connectivity index (χ1v) is 8.18. The summed E-state index contributed by atoms with van der Waals surface area (Å²) in [7, 11) is 0. The molecule has 2 amide bonds. The van der Waals surface area contributed by atoms with Crippen LogP contribution < -0.4 is 15.6 Å². The fourth-order valence-corrected chi connectivity index (χ4v) is 3.08. The molecule has 0 aliphatic rings. The molecular formula is C17H14N4O3S. The number of carbonyl (C=O) groups excluding carboxylic acids is 2. The second kappa shape index (κ2) is 7.10. The van der Waals surface area contributed by atoms with Crippen molar-refractivity contribution in [1.82, 2.24) is 15.8 Å². The van der Waals surface area contributed by atoms with E-state index in [1.165, 1.54) is 35.9 Å². The van der Waals surface area contributed by atoms with E-state index in [4.69, 9.17) is 0 Å². The molecule has 2 aromatic heterocycles. The summed E-state index contributed by atoms with van der Waals surface area (Å²) in [5.41, 5.74) is 6.46. The molecule has 0 radical (unpaired) electrons. The number of hydrogen-bond acceptors (Lipinski definition) is 5. The fourth-order valence-electron chi connectivity index (χ4n) is 2.12. The van der Waals surface area contributed by atoms with Gasteiger partial charge >= 0.3 is 0 Å². The molecule has 0 saturated heterocycles. The Hall–Kier alpha value is -3.26. The van der Waals surface area contributed by atoms with Gasteiger partial charge in [0.2, 0.25) is 0 Å². The fraction of sp³-hybridized carbons (Fsp3) is 0.0588. The quantitative estimate of drug-likeness (QED) is 0.426. The first-order valence-electron chi connectivity index (χ1n) is 7.37. The highest BCUT2D eigenvalue weighted by molar-refractivity contribution is 7.17. The van der Waals surface area contributed by atoms with Crippen molar-refractivity contribution in [3.05, 3.63) is 76.2 Å². The predicted molar refractivity (Wildman–Crippen MR) is 92.6 cm³/mol. The van der Waals surface area contributed by atoms with Gasteiger partial charge in [-0.3, -0.25) is 20.4 Å². The molecule has 2 heterocycles. The zero-order chi connectivity index (χ0) is 17.8. The number of benzene rings is 1. The van der Waals surface area contributed by atoms with Crippen molar-refractivity contribution in [3.63, 3.8) is 0 Å². The third kappa shape index (κ3) is 3.81. The number of nitrogens with zero attached hydrogens (tertiary/aromatic N) is 2. The summed E-state index contributed by atoms with van der Waals surface area (Å²) < 4.78 is 0.571. The Kier molecular flexibility index (Phi) is 4.71. The predicted octanol–water partition coefficient (Wildman–Crippen LogP) is 1.83. The number of aromatic nitrogens is 2. The highest BCUT2D eigenvalue weighted by Gasteiger charge is 2.17. The van der Waals surface area contributed by atoms with Crippen molar-refractivity contribution in [1.29, 1.82) is 0 Å². The monoisotopic (exact) mass is 354 g/mol. The summed E-state index contributed by atoms with van der Waals surface area (Å²) in [5.74, 6) is -0.959. The molecule has 0 spiro atoms. The van der Waals surface area contributed by atoms with Gasteiger partial charge in [-0.15, -0.1) is 11.3 Å². The average molecular weight is 354 g/mol. The van der Waals surface area contributed by atoms with E-state index in [9.17, 15) is 14.8 Å². The van der Waals surface area contributed by atoms with Crippen molar-refractivity contribution in [2.24, 2.45) is 0 Å². The number of pyridine rings is 1. The minimum atomic E-state index is -0.514. The summed E-state index contributed by atoms with van der Waals surface area (Å²) in [5, 5.41) is 11.7.